The number of benzene rings is 2. The molecule has 9 heteroatoms. The summed E-state index contributed by atoms with van der Waals surface area (Å²) in [6, 6.07) is 18.9. The quantitative estimate of drug-likeness (QED) is 0.303. The van der Waals surface area contributed by atoms with Gasteiger partial charge in [0.25, 0.3) is 0 Å². The summed E-state index contributed by atoms with van der Waals surface area (Å²) < 4.78 is 3.36. The molecule has 1 N–H and O–H groups in total. The van der Waals surface area contributed by atoms with Crippen LogP contribution in [-0.2, 0) is 13.0 Å². The Morgan fingerprint density at radius 2 is 1.78 bits per heavy atom. The molecule has 5 aromatic rings. The monoisotopic (exact) mass is 493 g/mol. The van der Waals surface area contributed by atoms with Crippen molar-refractivity contribution in [3.05, 3.63) is 100 Å². The molecule has 0 aliphatic heterocycles. The van der Waals surface area contributed by atoms with Crippen LogP contribution in [0.1, 0.15) is 48.3 Å². The van der Waals surface area contributed by atoms with Gasteiger partial charge in [-0.2, -0.15) is 5.21 Å². The first kappa shape index (κ1) is 24.1. The SMILES string of the molecule is CCCCc1cn(-c2ccccc2C(C)=O)c(=O)n1Cc1ccc(-c2ccccc2-c2nn[nH]n2)nc1. The number of aryl methyl sites for hydroxylation is 1. The lowest BCUT2D eigenvalue weighted by atomic mass is 10.0. The number of nitrogens with zero attached hydrogens (tertiary/aromatic N) is 6. The van der Waals surface area contributed by atoms with Crippen LogP contribution in [0.5, 0.6) is 0 Å². The van der Waals surface area contributed by atoms with Crippen molar-refractivity contribution in [1.29, 1.82) is 0 Å². The minimum atomic E-state index is -0.175. The number of hydrogen-bond acceptors (Lipinski definition) is 6. The number of Topliss-reactive ketones (excluding diaryl/α,β-unsaturated/α-hetero) is 1. The molecular formula is C28H27N7O2. The van der Waals surface area contributed by atoms with Crippen molar-refractivity contribution < 1.29 is 4.79 Å². The van der Waals surface area contributed by atoms with Crippen LogP contribution in [0, 0.1) is 0 Å². The van der Waals surface area contributed by atoms with E-state index in [9.17, 15) is 9.59 Å². The highest BCUT2D eigenvalue weighted by atomic mass is 16.2. The lowest BCUT2D eigenvalue weighted by molar-refractivity contribution is 0.101. The van der Waals surface area contributed by atoms with Gasteiger partial charge in [0.2, 0.25) is 5.82 Å². The van der Waals surface area contributed by atoms with Gasteiger partial charge < -0.3 is 0 Å². The van der Waals surface area contributed by atoms with Gasteiger partial charge in [-0.05, 0) is 48.7 Å². The Morgan fingerprint density at radius 1 is 1.00 bits per heavy atom. The molecule has 0 fully saturated rings. The molecule has 186 valence electrons. The predicted molar refractivity (Wildman–Crippen MR) is 141 cm³/mol. The highest BCUT2D eigenvalue weighted by Crippen LogP contribution is 2.28. The fraction of sp³-hybridized carbons (Fsp3) is 0.214. The van der Waals surface area contributed by atoms with Gasteiger partial charge in [0.1, 0.15) is 0 Å². The fourth-order valence-corrected chi connectivity index (χ4v) is 4.44. The second-order valence-electron chi connectivity index (χ2n) is 8.87. The van der Waals surface area contributed by atoms with Gasteiger partial charge >= 0.3 is 5.69 Å². The molecule has 5 rings (SSSR count). The Kier molecular flexibility index (Phi) is 6.85. The third kappa shape index (κ3) is 4.88. The maximum absolute atomic E-state index is 13.6. The lowest BCUT2D eigenvalue weighted by Crippen LogP contribution is -2.25. The summed E-state index contributed by atoms with van der Waals surface area (Å²) in [7, 11) is 0. The van der Waals surface area contributed by atoms with Crippen molar-refractivity contribution in [1.82, 2.24) is 34.7 Å². The number of H-pyrrole nitrogens is 1. The summed E-state index contributed by atoms with van der Waals surface area (Å²) in [5.74, 6) is 0.423. The number of unbranched alkanes of at least 4 members (excludes halogenated alkanes) is 1. The van der Waals surface area contributed by atoms with Crippen molar-refractivity contribution in [2.75, 3.05) is 0 Å². The average molecular weight is 494 g/mol. The molecule has 0 unspecified atom stereocenters. The van der Waals surface area contributed by atoms with Crippen LogP contribution in [-0.4, -0.2) is 40.5 Å². The number of carbonyl (C=O) groups excluding carboxylic acids is 1. The summed E-state index contributed by atoms with van der Waals surface area (Å²) in [4.78, 5) is 30.5. The van der Waals surface area contributed by atoms with Crippen molar-refractivity contribution >= 4 is 5.78 Å². The number of aromatic amines is 1. The number of imidazole rings is 1. The fourth-order valence-electron chi connectivity index (χ4n) is 4.44. The van der Waals surface area contributed by atoms with E-state index in [1.807, 2.05) is 60.8 Å². The molecule has 0 radical (unpaired) electrons. The molecule has 37 heavy (non-hydrogen) atoms. The van der Waals surface area contributed by atoms with E-state index in [-0.39, 0.29) is 11.5 Å². The minimum Gasteiger partial charge on any atom is -0.294 e. The summed E-state index contributed by atoms with van der Waals surface area (Å²) >= 11 is 0. The number of hydrogen-bond donors (Lipinski definition) is 1. The second kappa shape index (κ2) is 10.5. The topological polar surface area (TPSA) is 111 Å². The van der Waals surface area contributed by atoms with Crippen LogP contribution in [0.4, 0.5) is 0 Å². The van der Waals surface area contributed by atoms with E-state index in [0.29, 0.717) is 23.6 Å². The summed E-state index contributed by atoms with van der Waals surface area (Å²) in [6.45, 7) is 4.02. The van der Waals surface area contributed by atoms with Crippen molar-refractivity contribution in [3.63, 3.8) is 0 Å². The van der Waals surface area contributed by atoms with Crippen molar-refractivity contribution in [2.24, 2.45) is 0 Å². The number of nitrogens with one attached hydrogen (secondary N) is 1. The molecule has 0 saturated carbocycles. The zero-order chi connectivity index (χ0) is 25.8. The maximum atomic E-state index is 13.6. The van der Waals surface area contributed by atoms with E-state index >= 15 is 0 Å². The smallest absolute Gasteiger partial charge is 0.294 e. The number of ketones is 1. The summed E-state index contributed by atoms with van der Waals surface area (Å²) in [6.07, 6.45) is 6.40. The standard InChI is InChI=1S/C28H27N7O2/c1-3-4-9-21-18-35(26-13-8-7-10-22(26)19(2)36)28(37)34(21)17-20-14-15-25(29-16-20)23-11-5-6-12-24(23)27-30-32-33-31-27/h5-8,10-16,18H,3-4,9,17H2,1-2H3,(H,30,31,32,33). The second-order valence-corrected chi connectivity index (χ2v) is 8.87. The largest absolute Gasteiger partial charge is 0.333 e. The van der Waals surface area contributed by atoms with E-state index in [0.717, 1.165) is 47.3 Å². The highest BCUT2D eigenvalue weighted by molar-refractivity contribution is 5.97. The highest BCUT2D eigenvalue weighted by Gasteiger charge is 2.17. The van der Waals surface area contributed by atoms with Gasteiger partial charge in [0, 0.05) is 34.8 Å². The van der Waals surface area contributed by atoms with E-state index < -0.39 is 0 Å². The van der Waals surface area contributed by atoms with Gasteiger partial charge in [-0.3, -0.25) is 18.9 Å². The van der Waals surface area contributed by atoms with Crippen LogP contribution in [0.2, 0.25) is 0 Å². The molecule has 0 saturated heterocycles. The molecule has 0 aliphatic carbocycles. The first-order valence-corrected chi connectivity index (χ1v) is 12.3. The average Bonchev–Trinajstić information content (AvgIpc) is 3.57. The van der Waals surface area contributed by atoms with E-state index in [1.54, 1.807) is 21.4 Å². The molecule has 0 atom stereocenters. The van der Waals surface area contributed by atoms with Crippen LogP contribution < -0.4 is 5.69 Å². The molecule has 3 aromatic heterocycles. The third-order valence-corrected chi connectivity index (χ3v) is 6.35. The van der Waals surface area contributed by atoms with Gasteiger partial charge in [-0.25, -0.2) is 4.79 Å². The van der Waals surface area contributed by atoms with Crippen LogP contribution >= 0.6 is 0 Å². The van der Waals surface area contributed by atoms with Crippen molar-refractivity contribution in [2.45, 2.75) is 39.7 Å². The first-order valence-electron chi connectivity index (χ1n) is 12.3. The van der Waals surface area contributed by atoms with Gasteiger partial charge in [-0.15, -0.1) is 10.2 Å². The third-order valence-electron chi connectivity index (χ3n) is 6.35. The first-order chi connectivity index (χ1) is 18.1. The van der Waals surface area contributed by atoms with E-state index in [2.05, 4.69) is 32.5 Å². The van der Waals surface area contributed by atoms with E-state index in [1.165, 1.54) is 6.92 Å². The summed E-state index contributed by atoms with van der Waals surface area (Å²) in [5.41, 5.74) is 5.27. The molecule has 0 aliphatic rings. The van der Waals surface area contributed by atoms with Crippen LogP contribution in [0.15, 0.2) is 77.9 Å². The Labute approximate surface area is 213 Å². The van der Waals surface area contributed by atoms with Crippen LogP contribution in [0.3, 0.4) is 0 Å². The summed E-state index contributed by atoms with van der Waals surface area (Å²) in [5, 5.41) is 14.3. The zero-order valence-electron chi connectivity index (χ0n) is 20.8. The number of aromatic nitrogens is 7. The van der Waals surface area contributed by atoms with Gasteiger partial charge in [0.05, 0.1) is 17.9 Å². The molecular weight excluding hydrogens is 466 g/mol. The Hall–Kier alpha value is -4.66. The Bertz CT molecular complexity index is 1580. The number of carbonyl (C=O) groups is 1. The minimum absolute atomic E-state index is 0.0775. The molecule has 0 spiro atoms. The molecule has 0 bridgehead atoms. The molecule has 2 aromatic carbocycles. The van der Waals surface area contributed by atoms with E-state index in [4.69, 9.17) is 0 Å². The number of pyridine rings is 1. The zero-order valence-corrected chi connectivity index (χ0v) is 20.8. The normalized spacial score (nSPS) is 11.1. The number of para-hydroxylation sites is 1. The Balaban J connectivity index is 1.49. The van der Waals surface area contributed by atoms with Crippen molar-refractivity contribution in [3.8, 4) is 28.3 Å². The van der Waals surface area contributed by atoms with Gasteiger partial charge in [0.15, 0.2) is 5.78 Å². The predicted octanol–water partition coefficient (Wildman–Crippen LogP) is 4.47. The lowest BCUT2D eigenvalue weighted by Gasteiger charge is -2.09. The Morgan fingerprint density at radius 3 is 2.49 bits per heavy atom. The molecule has 3 heterocycles. The van der Waals surface area contributed by atoms with Gasteiger partial charge in [-0.1, -0.05) is 55.8 Å². The number of rotatable bonds is 9. The van der Waals surface area contributed by atoms with Crippen LogP contribution in [0.25, 0.3) is 28.3 Å². The maximum Gasteiger partial charge on any atom is 0.333 e. The molecule has 0 amide bonds. The molecule has 9 nitrogen and oxygen atoms in total. The number of tetrazole rings is 1.